The Labute approximate surface area is 173 Å². The predicted molar refractivity (Wildman–Crippen MR) is 106 cm³/mol. The van der Waals surface area contributed by atoms with E-state index < -0.39 is 0 Å². The number of hydrogen-bond acceptors (Lipinski definition) is 5. The summed E-state index contributed by atoms with van der Waals surface area (Å²) >= 11 is 0. The number of ether oxygens (including phenoxy) is 3. The number of carbonyl (C=O) groups is 1. The zero-order valence-corrected chi connectivity index (χ0v) is 17.7. The Morgan fingerprint density at radius 3 is 2.86 bits per heavy atom. The first-order valence-corrected chi connectivity index (χ1v) is 11.8. The molecule has 5 aliphatic carbocycles. The van der Waals surface area contributed by atoms with Crippen LogP contribution in [0.1, 0.15) is 58.8 Å². The van der Waals surface area contributed by atoms with Crippen LogP contribution in [-0.4, -0.2) is 48.7 Å². The zero-order chi connectivity index (χ0) is 19.8. The van der Waals surface area contributed by atoms with Crippen molar-refractivity contribution in [2.45, 2.75) is 83.5 Å². The first-order valence-electron chi connectivity index (χ1n) is 11.8. The minimum Gasteiger partial charge on any atom is -0.457 e. The molecular weight excluding hydrogens is 366 g/mol. The van der Waals surface area contributed by atoms with Gasteiger partial charge in [-0.05, 0) is 61.9 Å². The summed E-state index contributed by atoms with van der Waals surface area (Å²) in [6, 6.07) is 0. The fourth-order valence-corrected chi connectivity index (χ4v) is 10.0. The number of rotatable bonds is 1. The summed E-state index contributed by atoms with van der Waals surface area (Å²) in [5.41, 5.74) is 1.51. The smallest absolute Gasteiger partial charge is 0.303 e. The van der Waals surface area contributed by atoms with E-state index in [0.29, 0.717) is 17.8 Å². The van der Waals surface area contributed by atoms with Gasteiger partial charge in [-0.25, -0.2) is 4.90 Å². The third kappa shape index (κ3) is 1.74. The summed E-state index contributed by atoms with van der Waals surface area (Å²) in [6.07, 6.45) is 8.86. The molecule has 9 rings (SSSR count). The van der Waals surface area contributed by atoms with Gasteiger partial charge in [0.1, 0.15) is 18.6 Å². The van der Waals surface area contributed by atoms with Gasteiger partial charge in [0, 0.05) is 29.7 Å². The topological polar surface area (TPSA) is 48.0 Å². The monoisotopic (exact) mass is 399 g/mol. The van der Waals surface area contributed by atoms with Crippen LogP contribution in [0, 0.1) is 34.0 Å². The van der Waals surface area contributed by atoms with Gasteiger partial charge < -0.3 is 14.2 Å². The Balaban J connectivity index is 1.42. The van der Waals surface area contributed by atoms with Gasteiger partial charge in [-0.3, -0.25) is 4.79 Å². The minimum atomic E-state index is -0.169. The Hall–Kier alpha value is -0.910. The summed E-state index contributed by atoms with van der Waals surface area (Å²) in [5, 5.41) is 0. The van der Waals surface area contributed by atoms with Gasteiger partial charge in [0.2, 0.25) is 0 Å². The number of hydrogen-bond donors (Lipinski definition) is 0. The maximum Gasteiger partial charge on any atom is 0.303 e. The molecule has 7 bridgehead atoms. The molecule has 0 aromatic heterocycles. The maximum atomic E-state index is 12.1. The van der Waals surface area contributed by atoms with Gasteiger partial charge in [-0.15, -0.1) is 0 Å². The average molecular weight is 400 g/mol. The molecule has 5 saturated carbocycles. The molecule has 4 heterocycles. The van der Waals surface area contributed by atoms with E-state index in [1.54, 1.807) is 6.92 Å². The highest BCUT2D eigenvalue weighted by molar-refractivity contribution is 5.67. The first-order chi connectivity index (χ1) is 13.9. The second kappa shape index (κ2) is 5.28. The molecule has 4 aliphatic heterocycles. The lowest BCUT2D eigenvalue weighted by molar-refractivity contribution is -0.422. The number of piperidine rings is 1. The van der Waals surface area contributed by atoms with Crippen molar-refractivity contribution in [1.29, 1.82) is 0 Å². The van der Waals surface area contributed by atoms with E-state index in [1.807, 2.05) is 0 Å². The summed E-state index contributed by atoms with van der Waals surface area (Å²) in [7, 11) is 0. The Morgan fingerprint density at radius 2 is 2.03 bits per heavy atom. The molecule has 9 aliphatic rings. The van der Waals surface area contributed by atoms with Crippen LogP contribution in [0.3, 0.4) is 0 Å². The normalized spacial score (nSPS) is 59.4. The van der Waals surface area contributed by atoms with Gasteiger partial charge >= 0.3 is 5.97 Å². The number of fused-ring (bicyclic) bond motifs is 4. The lowest BCUT2D eigenvalue weighted by Gasteiger charge is -2.80. The maximum absolute atomic E-state index is 12.1. The molecule has 4 saturated heterocycles. The van der Waals surface area contributed by atoms with Crippen LogP contribution in [0.25, 0.3) is 0 Å². The molecule has 0 aromatic carbocycles. The standard InChI is InChI=1S/C24H33NO4/c1-13-15-5-8-24(19(13)28-14(2)26)17(11-15)23-7-4-6-22(3)16(23)12-18(24)29-21(23)25-9-10-27-20(22)25/h15-21H,1,4-12H2,2-3H3/t15-,16+,17-,18+,19-,20-,21?,22+,23-,24+/m0/s1. The Morgan fingerprint density at radius 1 is 1.17 bits per heavy atom. The van der Waals surface area contributed by atoms with E-state index in [9.17, 15) is 4.79 Å². The van der Waals surface area contributed by atoms with Crippen molar-refractivity contribution >= 4 is 5.97 Å². The molecule has 9 fully saturated rings. The molecule has 1 unspecified atom stereocenters. The minimum absolute atomic E-state index is 0.0594. The van der Waals surface area contributed by atoms with Gasteiger partial charge in [0.25, 0.3) is 0 Å². The zero-order valence-electron chi connectivity index (χ0n) is 17.7. The lowest BCUT2D eigenvalue weighted by atomic mass is 9.32. The van der Waals surface area contributed by atoms with Crippen molar-refractivity contribution in [3.63, 3.8) is 0 Å². The number of nitrogens with zero attached hydrogens (tertiary/aromatic N) is 1. The highest BCUT2D eigenvalue weighted by atomic mass is 16.6. The predicted octanol–water partition coefficient (Wildman–Crippen LogP) is 3.48. The fraction of sp³-hybridized carbons (Fsp3) is 0.875. The van der Waals surface area contributed by atoms with Crippen LogP contribution >= 0.6 is 0 Å². The van der Waals surface area contributed by atoms with Crippen molar-refractivity contribution in [1.82, 2.24) is 4.90 Å². The van der Waals surface area contributed by atoms with Gasteiger partial charge in [0.05, 0.1) is 12.7 Å². The molecule has 5 nitrogen and oxygen atoms in total. The van der Waals surface area contributed by atoms with Gasteiger partial charge in [0.15, 0.2) is 0 Å². The average Bonchev–Trinajstić information content (AvgIpc) is 3.19. The summed E-state index contributed by atoms with van der Waals surface area (Å²) in [6.45, 7) is 10.3. The molecule has 158 valence electrons. The molecule has 5 heteroatoms. The van der Waals surface area contributed by atoms with Crippen LogP contribution in [0.5, 0.6) is 0 Å². The van der Waals surface area contributed by atoms with E-state index in [-0.39, 0.29) is 46.9 Å². The molecule has 2 spiro atoms. The van der Waals surface area contributed by atoms with Crippen molar-refractivity contribution in [2.75, 3.05) is 13.2 Å². The van der Waals surface area contributed by atoms with Crippen LogP contribution in [0.4, 0.5) is 0 Å². The van der Waals surface area contributed by atoms with Crippen molar-refractivity contribution in [3.05, 3.63) is 12.2 Å². The second-order valence-electron chi connectivity index (χ2n) is 11.4. The number of esters is 1. The first kappa shape index (κ1) is 17.7. The Bertz CT molecular complexity index is 813. The summed E-state index contributed by atoms with van der Waals surface area (Å²) < 4.78 is 19.5. The van der Waals surface area contributed by atoms with E-state index in [2.05, 4.69) is 18.4 Å². The molecule has 29 heavy (non-hydrogen) atoms. The molecule has 0 amide bonds. The van der Waals surface area contributed by atoms with Crippen LogP contribution in [0.2, 0.25) is 0 Å². The molecular formula is C24H33NO4. The van der Waals surface area contributed by atoms with E-state index in [0.717, 1.165) is 26.0 Å². The van der Waals surface area contributed by atoms with Crippen LogP contribution in [0.15, 0.2) is 12.2 Å². The van der Waals surface area contributed by atoms with Crippen molar-refractivity contribution in [2.24, 2.45) is 34.0 Å². The SMILES string of the molecule is C=C1[C@H]2CC[C@@]3([C@H]4C[C@@H]5[C@@]6(C)CCC[C@@]5(C(O4)N4CCO[C@H]46)[C@@H]3C2)[C@H]1OC(C)=O. The fourth-order valence-electron chi connectivity index (χ4n) is 10.0. The van der Waals surface area contributed by atoms with Crippen molar-refractivity contribution < 1.29 is 19.0 Å². The number of carbonyl (C=O) groups excluding carboxylic acids is 1. The molecule has 0 N–H and O–H groups in total. The molecule has 10 atom stereocenters. The van der Waals surface area contributed by atoms with Crippen LogP contribution in [-0.2, 0) is 19.0 Å². The van der Waals surface area contributed by atoms with Crippen molar-refractivity contribution in [3.8, 4) is 0 Å². The van der Waals surface area contributed by atoms with E-state index in [1.165, 1.54) is 37.7 Å². The quantitative estimate of drug-likeness (QED) is 0.499. The second-order valence-corrected chi connectivity index (χ2v) is 11.4. The molecule has 0 radical (unpaired) electrons. The third-order valence-electron chi connectivity index (χ3n) is 10.7. The lowest BCUT2D eigenvalue weighted by Crippen LogP contribution is -2.83. The highest BCUT2D eigenvalue weighted by Gasteiger charge is 2.81. The van der Waals surface area contributed by atoms with Gasteiger partial charge in [-0.2, -0.15) is 0 Å². The summed E-state index contributed by atoms with van der Waals surface area (Å²) in [4.78, 5) is 14.7. The van der Waals surface area contributed by atoms with Gasteiger partial charge in [-0.1, -0.05) is 19.9 Å². The summed E-state index contributed by atoms with van der Waals surface area (Å²) in [5.74, 6) is 1.57. The third-order valence-corrected chi connectivity index (χ3v) is 10.7. The largest absolute Gasteiger partial charge is 0.457 e. The Kier molecular flexibility index (Phi) is 3.23. The highest BCUT2D eigenvalue weighted by Crippen LogP contribution is 2.79. The van der Waals surface area contributed by atoms with E-state index in [4.69, 9.17) is 14.2 Å². The van der Waals surface area contributed by atoms with Crippen LogP contribution < -0.4 is 0 Å². The van der Waals surface area contributed by atoms with E-state index >= 15 is 0 Å². The molecule has 0 aromatic rings.